The van der Waals surface area contributed by atoms with Crippen LogP contribution in [0.25, 0.3) is 0 Å². The quantitative estimate of drug-likeness (QED) is 0.727. The molecule has 0 aromatic heterocycles. The predicted octanol–water partition coefficient (Wildman–Crippen LogP) is 2.41. The van der Waals surface area contributed by atoms with Crippen LogP contribution in [-0.4, -0.2) is 23.6 Å². The summed E-state index contributed by atoms with van der Waals surface area (Å²) in [7, 11) is 0. The van der Waals surface area contributed by atoms with Crippen LogP contribution in [0.3, 0.4) is 0 Å². The smallest absolute Gasteiger partial charge is 0.231 e. The summed E-state index contributed by atoms with van der Waals surface area (Å²) in [6, 6.07) is 4.69. The number of hydrogen-bond acceptors (Lipinski definition) is 3. The number of fused-ring (bicyclic) bond motifs is 3. The monoisotopic (exact) mass is 271 g/mol. The van der Waals surface area contributed by atoms with Crippen LogP contribution in [0.1, 0.15) is 42.7 Å². The molecule has 3 aliphatic heterocycles. The van der Waals surface area contributed by atoms with Gasteiger partial charge in [-0.25, -0.2) is 0 Å². The van der Waals surface area contributed by atoms with Gasteiger partial charge < -0.3 is 14.4 Å². The molecule has 4 aliphatic rings. The van der Waals surface area contributed by atoms with Crippen LogP contribution in [0.15, 0.2) is 12.1 Å². The van der Waals surface area contributed by atoms with Gasteiger partial charge in [0, 0.05) is 24.9 Å². The zero-order valence-electron chi connectivity index (χ0n) is 11.3. The molecule has 1 aromatic rings. The van der Waals surface area contributed by atoms with E-state index in [1.807, 2.05) is 0 Å². The Morgan fingerprint density at radius 2 is 2.00 bits per heavy atom. The summed E-state index contributed by atoms with van der Waals surface area (Å²) in [6.07, 6.45) is 4.39. The molecule has 1 saturated heterocycles. The lowest BCUT2D eigenvalue weighted by Crippen LogP contribution is -2.44. The molecule has 20 heavy (non-hydrogen) atoms. The number of rotatable bonds is 0. The molecule has 0 bridgehead atoms. The van der Waals surface area contributed by atoms with Crippen LogP contribution in [0, 0.1) is 5.92 Å². The third-order valence-corrected chi connectivity index (χ3v) is 5.48. The summed E-state index contributed by atoms with van der Waals surface area (Å²) in [6.45, 7) is 1.07. The van der Waals surface area contributed by atoms with E-state index in [0.717, 1.165) is 24.5 Å². The number of carbonyl (C=O) groups is 1. The molecule has 4 heteroatoms. The van der Waals surface area contributed by atoms with Gasteiger partial charge in [-0.2, -0.15) is 0 Å². The molecule has 0 radical (unpaired) electrons. The molecule has 0 N–H and O–H groups in total. The minimum absolute atomic E-state index is 0.317. The second-order valence-corrected chi connectivity index (χ2v) is 6.42. The highest BCUT2D eigenvalue weighted by molar-refractivity contribution is 5.80. The van der Waals surface area contributed by atoms with Gasteiger partial charge in [0.15, 0.2) is 11.5 Å². The van der Waals surface area contributed by atoms with E-state index in [4.69, 9.17) is 9.47 Å². The summed E-state index contributed by atoms with van der Waals surface area (Å²) in [5.41, 5.74) is 2.65. The lowest BCUT2D eigenvalue weighted by atomic mass is 9.71. The maximum absolute atomic E-state index is 12.3. The summed E-state index contributed by atoms with van der Waals surface area (Å²) < 4.78 is 11.0. The van der Waals surface area contributed by atoms with Crippen molar-refractivity contribution in [3.8, 4) is 11.5 Å². The van der Waals surface area contributed by atoms with Crippen LogP contribution >= 0.6 is 0 Å². The summed E-state index contributed by atoms with van der Waals surface area (Å²) in [5, 5.41) is 0. The van der Waals surface area contributed by atoms with Crippen LogP contribution in [0.4, 0.5) is 0 Å². The normalized spacial score (nSPS) is 33.1. The van der Waals surface area contributed by atoms with Crippen molar-refractivity contribution >= 4 is 5.91 Å². The Bertz CT molecular complexity index is 612. The first kappa shape index (κ1) is 11.0. The highest BCUT2D eigenvalue weighted by Gasteiger charge is 2.49. The molecule has 1 aliphatic carbocycles. The van der Waals surface area contributed by atoms with Gasteiger partial charge in [0.2, 0.25) is 12.7 Å². The van der Waals surface area contributed by atoms with Crippen LogP contribution in [-0.2, 0) is 11.3 Å². The largest absolute Gasteiger partial charge is 0.454 e. The maximum Gasteiger partial charge on any atom is 0.231 e. The molecule has 3 heterocycles. The topological polar surface area (TPSA) is 38.8 Å². The van der Waals surface area contributed by atoms with Crippen molar-refractivity contribution < 1.29 is 14.3 Å². The zero-order valence-corrected chi connectivity index (χ0v) is 11.3. The second kappa shape index (κ2) is 3.68. The van der Waals surface area contributed by atoms with Crippen molar-refractivity contribution in [2.24, 2.45) is 5.92 Å². The van der Waals surface area contributed by atoms with Crippen molar-refractivity contribution in [3.05, 3.63) is 23.3 Å². The van der Waals surface area contributed by atoms with Gasteiger partial charge in [-0.15, -0.1) is 0 Å². The number of nitrogens with zero attached hydrogens (tertiary/aromatic N) is 1. The molecule has 5 rings (SSSR count). The van der Waals surface area contributed by atoms with Crippen molar-refractivity contribution in [1.29, 1.82) is 0 Å². The fourth-order valence-corrected chi connectivity index (χ4v) is 4.67. The van der Waals surface area contributed by atoms with Crippen molar-refractivity contribution in [3.63, 3.8) is 0 Å². The zero-order chi connectivity index (χ0) is 13.3. The third-order valence-electron chi connectivity index (χ3n) is 5.48. The number of ether oxygens (including phenoxy) is 2. The molecule has 1 aromatic carbocycles. The summed E-state index contributed by atoms with van der Waals surface area (Å²) in [5.74, 6) is 3.12. The van der Waals surface area contributed by atoms with Gasteiger partial charge in [0.1, 0.15) is 0 Å². The van der Waals surface area contributed by atoms with E-state index in [2.05, 4.69) is 17.0 Å². The second-order valence-electron chi connectivity index (χ2n) is 6.42. The molecule has 2 fully saturated rings. The number of carbonyl (C=O) groups excluding carboxylic acids is 1. The molecule has 3 atom stereocenters. The lowest BCUT2D eigenvalue weighted by Gasteiger charge is -2.43. The van der Waals surface area contributed by atoms with Gasteiger partial charge in [-0.1, -0.05) is 6.42 Å². The maximum atomic E-state index is 12.3. The Hall–Kier alpha value is -1.71. The third kappa shape index (κ3) is 1.29. The molecular weight excluding hydrogens is 254 g/mol. The van der Waals surface area contributed by atoms with E-state index < -0.39 is 0 Å². The van der Waals surface area contributed by atoms with E-state index in [1.54, 1.807) is 0 Å². The Labute approximate surface area is 117 Å². The highest BCUT2D eigenvalue weighted by Crippen LogP contribution is 2.51. The standard InChI is InChI=1S/C16H17NO3/c18-15-5-9-2-1-3-11-12-6-14-13(19-8-20-14)4-10(12)7-17(15)16(9)11/h4,6,9,11,16H,1-3,5,7-8H2/t9-,11-,16+/m1/s1. The molecule has 0 unspecified atom stereocenters. The molecule has 1 saturated carbocycles. The van der Waals surface area contributed by atoms with Gasteiger partial charge in [0.05, 0.1) is 0 Å². The Kier molecular flexibility index (Phi) is 2.03. The van der Waals surface area contributed by atoms with E-state index in [-0.39, 0.29) is 0 Å². The lowest BCUT2D eigenvalue weighted by molar-refractivity contribution is -0.130. The predicted molar refractivity (Wildman–Crippen MR) is 71.6 cm³/mol. The molecule has 0 spiro atoms. The minimum Gasteiger partial charge on any atom is -0.454 e. The SMILES string of the molecule is O=C1C[C@H]2CCC[C@@H]3c4cc5c(cc4CN1[C@@H]23)OCO5. The van der Waals surface area contributed by atoms with Crippen molar-refractivity contribution in [1.82, 2.24) is 4.90 Å². The summed E-state index contributed by atoms with van der Waals surface area (Å²) in [4.78, 5) is 14.4. The van der Waals surface area contributed by atoms with E-state index >= 15 is 0 Å². The van der Waals surface area contributed by atoms with Crippen molar-refractivity contribution in [2.45, 2.75) is 44.2 Å². The first-order chi connectivity index (χ1) is 9.81. The summed E-state index contributed by atoms with van der Waals surface area (Å²) >= 11 is 0. The number of amides is 1. The first-order valence-corrected chi connectivity index (χ1v) is 7.53. The highest BCUT2D eigenvalue weighted by atomic mass is 16.7. The number of hydrogen-bond donors (Lipinski definition) is 0. The van der Waals surface area contributed by atoms with Crippen LogP contribution < -0.4 is 9.47 Å². The van der Waals surface area contributed by atoms with E-state index in [0.29, 0.717) is 30.6 Å². The fourth-order valence-electron chi connectivity index (χ4n) is 4.67. The van der Waals surface area contributed by atoms with Crippen LogP contribution in [0.5, 0.6) is 11.5 Å². The van der Waals surface area contributed by atoms with Gasteiger partial charge in [0.25, 0.3) is 0 Å². The molecule has 4 nitrogen and oxygen atoms in total. The average molecular weight is 271 g/mol. The van der Waals surface area contributed by atoms with Gasteiger partial charge in [-0.3, -0.25) is 4.79 Å². The van der Waals surface area contributed by atoms with Gasteiger partial charge >= 0.3 is 0 Å². The Balaban J connectivity index is 1.66. The Morgan fingerprint density at radius 1 is 1.15 bits per heavy atom. The van der Waals surface area contributed by atoms with E-state index in [1.165, 1.54) is 30.4 Å². The van der Waals surface area contributed by atoms with Crippen LogP contribution in [0.2, 0.25) is 0 Å². The number of benzene rings is 1. The Morgan fingerprint density at radius 3 is 2.90 bits per heavy atom. The van der Waals surface area contributed by atoms with Crippen molar-refractivity contribution in [2.75, 3.05) is 6.79 Å². The molecule has 1 amide bonds. The molecular formula is C16H17NO3. The fraction of sp³-hybridized carbons (Fsp3) is 0.562. The minimum atomic E-state index is 0.317. The van der Waals surface area contributed by atoms with Gasteiger partial charge in [-0.05, 0) is 42.0 Å². The average Bonchev–Trinajstić information content (AvgIpc) is 3.03. The van der Waals surface area contributed by atoms with E-state index in [9.17, 15) is 4.79 Å². The first-order valence-electron chi connectivity index (χ1n) is 7.53. The molecule has 104 valence electrons.